The fraction of sp³-hybridized carbons (Fsp3) is 0.235. The summed E-state index contributed by atoms with van der Waals surface area (Å²) in [5.74, 6) is 0.660. The molecule has 0 spiro atoms. The van der Waals surface area contributed by atoms with Crippen LogP contribution in [0.5, 0.6) is 11.5 Å². The van der Waals surface area contributed by atoms with Gasteiger partial charge >= 0.3 is 0 Å². The first-order valence-corrected chi connectivity index (χ1v) is 9.08. The van der Waals surface area contributed by atoms with Crippen LogP contribution in [0.25, 0.3) is 0 Å². The summed E-state index contributed by atoms with van der Waals surface area (Å²) < 4.78 is 2.12. The van der Waals surface area contributed by atoms with Crippen LogP contribution in [-0.4, -0.2) is 16.0 Å². The summed E-state index contributed by atoms with van der Waals surface area (Å²) in [6.07, 6.45) is 2.22. The van der Waals surface area contributed by atoms with Gasteiger partial charge in [0, 0.05) is 20.0 Å². The van der Waals surface area contributed by atoms with Crippen molar-refractivity contribution in [3.63, 3.8) is 0 Å². The minimum atomic E-state index is 0.193. The van der Waals surface area contributed by atoms with Crippen molar-refractivity contribution in [3.8, 4) is 11.5 Å². The molecule has 0 atom stereocenters. The number of phenolic OH excluding ortho intramolecular Hbond substituents is 2. The molecule has 0 aliphatic rings. The maximum atomic E-state index is 12.1. The normalized spacial score (nSPS) is 10.6. The number of aromatic hydroxyl groups is 2. The van der Waals surface area contributed by atoms with E-state index in [1.165, 1.54) is 0 Å². The predicted molar refractivity (Wildman–Crippen MR) is 103 cm³/mol. The summed E-state index contributed by atoms with van der Waals surface area (Å²) >= 11 is 4.42. The summed E-state index contributed by atoms with van der Waals surface area (Å²) in [5.41, 5.74) is 2.00. The lowest BCUT2D eigenvalue weighted by Gasteiger charge is -2.07. The molecule has 0 heterocycles. The van der Waals surface area contributed by atoms with E-state index >= 15 is 0 Å². The van der Waals surface area contributed by atoms with Gasteiger partial charge in [0.05, 0.1) is 0 Å². The molecular weight excluding hydrogens is 506 g/mol. The molecule has 2 rings (SSSR count). The van der Waals surface area contributed by atoms with Crippen molar-refractivity contribution < 1.29 is 15.0 Å². The quantitative estimate of drug-likeness (QED) is 0.552. The highest BCUT2D eigenvalue weighted by Gasteiger charge is 2.08. The lowest BCUT2D eigenvalue weighted by molar-refractivity contribution is -0.119. The second-order valence-electron chi connectivity index (χ2n) is 5.09. The van der Waals surface area contributed by atoms with E-state index in [4.69, 9.17) is 0 Å². The summed E-state index contributed by atoms with van der Waals surface area (Å²) in [6, 6.07) is 10.4. The Morgan fingerprint density at radius 2 is 1.23 bits per heavy atom. The molecule has 0 radical (unpaired) electrons. The number of carbonyl (C=O) groups is 1. The number of Topliss-reactive ketones (excluding diaryl/α,β-unsaturated/α-hetero) is 1. The number of ketones is 1. The van der Waals surface area contributed by atoms with Crippen LogP contribution >= 0.6 is 45.2 Å². The zero-order chi connectivity index (χ0) is 16.1. The van der Waals surface area contributed by atoms with Crippen molar-refractivity contribution in [1.82, 2.24) is 0 Å². The van der Waals surface area contributed by atoms with Gasteiger partial charge in [0.1, 0.15) is 17.3 Å². The molecule has 3 nitrogen and oxygen atoms in total. The number of hydrogen-bond donors (Lipinski definition) is 2. The molecule has 2 N–H and O–H groups in total. The average Bonchev–Trinajstić information content (AvgIpc) is 2.49. The van der Waals surface area contributed by atoms with Crippen molar-refractivity contribution in [1.29, 1.82) is 0 Å². The van der Waals surface area contributed by atoms with Crippen molar-refractivity contribution in [3.05, 3.63) is 54.7 Å². The topological polar surface area (TPSA) is 57.5 Å². The molecule has 0 aliphatic heterocycles. The molecule has 0 saturated carbocycles. The van der Waals surface area contributed by atoms with E-state index in [2.05, 4.69) is 45.2 Å². The second-order valence-corrected chi connectivity index (χ2v) is 7.41. The number of carbonyl (C=O) groups excluding carboxylic acids is 1. The molecule has 0 aromatic heterocycles. The van der Waals surface area contributed by atoms with E-state index in [1.807, 2.05) is 12.1 Å². The maximum Gasteiger partial charge on any atom is 0.133 e. The standard InChI is InChI=1S/C17H16I2O3/c18-16-7-5-14(21)9-11(16)1-3-13(20)4-2-12-10-15(22)6-8-17(12)19/h5-10,21-22H,1-4H2. The molecule has 0 unspecified atom stereocenters. The minimum absolute atomic E-state index is 0.193. The second kappa shape index (κ2) is 8.14. The molecular formula is C17H16I2O3. The smallest absolute Gasteiger partial charge is 0.133 e. The van der Waals surface area contributed by atoms with Crippen molar-refractivity contribution in [2.45, 2.75) is 25.7 Å². The Bertz CT molecular complexity index is 626. The third kappa shape index (κ3) is 5.12. The molecule has 116 valence electrons. The fourth-order valence-corrected chi connectivity index (χ4v) is 3.39. The van der Waals surface area contributed by atoms with Gasteiger partial charge in [-0.05, 0) is 106 Å². The van der Waals surface area contributed by atoms with Crippen LogP contribution in [0.1, 0.15) is 24.0 Å². The number of phenols is 2. The zero-order valence-corrected chi connectivity index (χ0v) is 16.2. The van der Waals surface area contributed by atoms with Crippen molar-refractivity contribution in [2.75, 3.05) is 0 Å². The Morgan fingerprint density at radius 3 is 1.64 bits per heavy atom. The Labute approximate surface area is 157 Å². The van der Waals surface area contributed by atoms with Gasteiger partial charge in [0.2, 0.25) is 0 Å². The van der Waals surface area contributed by atoms with E-state index in [1.54, 1.807) is 24.3 Å². The zero-order valence-electron chi connectivity index (χ0n) is 11.9. The van der Waals surface area contributed by atoms with Crippen LogP contribution in [0.4, 0.5) is 0 Å². The Hall–Kier alpha value is -0.830. The van der Waals surface area contributed by atoms with Crippen molar-refractivity contribution >= 4 is 51.0 Å². The monoisotopic (exact) mass is 522 g/mol. The largest absolute Gasteiger partial charge is 0.508 e. The first-order valence-electron chi connectivity index (χ1n) is 6.92. The van der Waals surface area contributed by atoms with Gasteiger partial charge in [0.25, 0.3) is 0 Å². The van der Waals surface area contributed by atoms with Gasteiger partial charge in [-0.2, -0.15) is 0 Å². The fourth-order valence-electron chi connectivity index (χ4n) is 2.18. The average molecular weight is 522 g/mol. The van der Waals surface area contributed by atoms with Crippen LogP contribution in [0.3, 0.4) is 0 Å². The number of benzene rings is 2. The Balaban J connectivity index is 1.88. The van der Waals surface area contributed by atoms with Gasteiger partial charge < -0.3 is 10.2 Å². The Kier molecular flexibility index (Phi) is 6.49. The summed E-state index contributed by atoms with van der Waals surface area (Å²) in [7, 11) is 0. The number of rotatable bonds is 6. The maximum absolute atomic E-state index is 12.1. The van der Waals surface area contributed by atoms with E-state index in [0.717, 1.165) is 18.3 Å². The van der Waals surface area contributed by atoms with E-state index in [9.17, 15) is 15.0 Å². The van der Waals surface area contributed by atoms with E-state index in [0.29, 0.717) is 25.7 Å². The summed E-state index contributed by atoms with van der Waals surface area (Å²) in [4.78, 5) is 12.1. The van der Waals surface area contributed by atoms with Crippen molar-refractivity contribution in [2.24, 2.45) is 0 Å². The molecule has 22 heavy (non-hydrogen) atoms. The van der Waals surface area contributed by atoms with Crippen LogP contribution < -0.4 is 0 Å². The van der Waals surface area contributed by atoms with E-state index < -0.39 is 0 Å². The summed E-state index contributed by atoms with van der Waals surface area (Å²) in [5, 5.41) is 19.0. The van der Waals surface area contributed by atoms with Gasteiger partial charge in [-0.3, -0.25) is 4.79 Å². The van der Waals surface area contributed by atoms with Gasteiger partial charge in [-0.1, -0.05) is 0 Å². The molecule has 5 heteroatoms. The van der Waals surface area contributed by atoms with E-state index in [-0.39, 0.29) is 17.3 Å². The summed E-state index contributed by atoms with van der Waals surface area (Å²) in [6.45, 7) is 0. The SMILES string of the molecule is O=C(CCc1cc(O)ccc1I)CCc1cc(O)ccc1I. The highest BCUT2D eigenvalue weighted by atomic mass is 127. The number of halogens is 2. The van der Waals surface area contributed by atoms with Crippen LogP contribution in [0.2, 0.25) is 0 Å². The van der Waals surface area contributed by atoms with Crippen LogP contribution in [0, 0.1) is 7.14 Å². The third-order valence-corrected chi connectivity index (χ3v) is 5.51. The van der Waals surface area contributed by atoms with Crippen LogP contribution in [-0.2, 0) is 17.6 Å². The molecule has 0 aliphatic carbocycles. The van der Waals surface area contributed by atoms with Gasteiger partial charge in [-0.25, -0.2) is 0 Å². The van der Waals surface area contributed by atoms with Crippen LogP contribution in [0.15, 0.2) is 36.4 Å². The molecule has 2 aromatic rings. The highest BCUT2D eigenvalue weighted by molar-refractivity contribution is 14.1. The Morgan fingerprint density at radius 1 is 0.818 bits per heavy atom. The highest BCUT2D eigenvalue weighted by Crippen LogP contribution is 2.22. The lowest BCUT2D eigenvalue weighted by Crippen LogP contribution is -2.03. The number of aryl methyl sites for hydroxylation is 2. The molecule has 0 saturated heterocycles. The predicted octanol–water partition coefficient (Wildman–Crippen LogP) is 4.44. The first-order chi connectivity index (χ1) is 10.5. The molecule has 0 amide bonds. The lowest BCUT2D eigenvalue weighted by atomic mass is 10.0. The first kappa shape index (κ1) is 17.5. The number of hydrogen-bond acceptors (Lipinski definition) is 3. The van der Waals surface area contributed by atoms with Gasteiger partial charge in [-0.15, -0.1) is 0 Å². The van der Waals surface area contributed by atoms with Gasteiger partial charge in [0.15, 0.2) is 0 Å². The molecule has 2 aromatic carbocycles. The third-order valence-electron chi connectivity index (χ3n) is 3.40. The molecule has 0 fully saturated rings. The molecule has 0 bridgehead atoms. The minimum Gasteiger partial charge on any atom is -0.508 e.